The lowest BCUT2D eigenvalue weighted by Crippen LogP contribution is -2.52. The molecule has 3 rings (SSSR count). The minimum Gasteiger partial charge on any atom is -0.354 e. The molecule has 39 heavy (non-hydrogen) atoms. The number of benzene rings is 3. The summed E-state index contributed by atoms with van der Waals surface area (Å²) in [5.41, 5.74) is 3.15. The van der Waals surface area contributed by atoms with Gasteiger partial charge in [0.05, 0.1) is 10.6 Å². The number of anilines is 1. The predicted octanol–water partition coefficient (Wildman–Crippen LogP) is 5.22. The molecule has 0 radical (unpaired) electrons. The number of rotatable bonds is 13. The number of sulfonamides is 1. The number of aryl methyl sites for hydroxylation is 2. The number of nitrogens with one attached hydrogen (secondary N) is 1. The second kappa shape index (κ2) is 13.9. The Morgan fingerprint density at radius 1 is 0.897 bits per heavy atom. The van der Waals surface area contributed by atoms with Crippen molar-refractivity contribution in [2.45, 2.75) is 64.4 Å². The molecular formula is C31H39N3O4S. The van der Waals surface area contributed by atoms with Gasteiger partial charge in [-0.3, -0.25) is 13.9 Å². The molecule has 0 aliphatic carbocycles. The first kappa shape index (κ1) is 29.9. The van der Waals surface area contributed by atoms with Crippen LogP contribution in [0.5, 0.6) is 0 Å². The molecule has 2 amide bonds. The number of carbonyl (C=O) groups is 2. The van der Waals surface area contributed by atoms with Gasteiger partial charge in [-0.05, 0) is 67.6 Å². The van der Waals surface area contributed by atoms with E-state index in [-0.39, 0.29) is 17.3 Å². The average molecular weight is 550 g/mol. The molecule has 0 heterocycles. The van der Waals surface area contributed by atoms with Crippen LogP contribution >= 0.6 is 0 Å². The Balaban J connectivity index is 2.03. The fourth-order valence-corrected chi connectivity index (χ4v) is 5.86. The largest absolute Gasteiger partial charge is 0.354 e. The van der Waals surface area contributed by atoms with E-state index in [9.17, 15) is 18.0 Å². The molecule has 0 saturated carbocycles. The molecule has 1 N–H and O–H groups in total. The highest BCUT2D eigenvalue weighted by Crippen LogP contribution is 2.25. The molecule has 8 heteroatoms. The van der Waals surface area contributed by atoms with E-state index in [1.165, 1.54) is 17.0 Å². The van der Waals surface area contributed by atoms with Crippen molar-refractivity contribution in [1.29, 1.82) is 0 Å². The summed E-state index contributed by atoms with van der Waals surface area (Å²) < 4.78 is 28.8. The molecule has 0 aliphatic rings. The predicted molar refractivity (Wildman–Crippen MR) is 156 cm³/mol. The lowest BCUT2D eigenvalue weighted by molar-refractivity contribution is -0.140. The van der Waals surface area contributed by atoms with Gasteiger partial charge >= 0.3 is 0 Å². The van der Waals surface area contributed by atoms with E-state index in [1.807, 2.05) is 58.0 Å². The van der Waals surface area contributed by atoms with Gasteiger partial charge in [-0.25, -0.2) is 8.42 Å². The molecule has 0 fully saturated rings. The van der Waals surface area contributed by atoms with Gasteiger partial charge in [0, 0.05) is 13.1 Å². The second-order valence-electron chi connectivity index (χ2n) is 9.68. The minimum absolute atomic E-state index is 0.0918. The van der Waals surface area contributed by atoms with Gasteiger partial charge in [-0.2, -0.15) is 0 Å². The van der Waals surface area contributed by atoms with E-state index in [1.54, 1.807) is 36.4 Å². The van der Waals surface area contributed by atoms with Crippen LogP contribution in [0.4, 0.5) is 5.69 Å². The third kappa shape index (κ3) is 7.69. The maximum atomic E-state index is 14.1. The van der Waals surface area contributed by atoms with Crippen LogP contribution in [0.3, 0.4) is 0 Å². The van der Waals surface area contributed by atoms with E-state index in [2.05, 4.69) is 5.32 Å². The van der Waals surface area contributed by atoms with Gasteiger partial charge < -0.3 is 10.2 Å². The molecule has 0 unspecified atom stereocenters. The molecule has 1 atom stereocenters. The fraction of sp³-hybridized carbons (Fsp3) is 0.355. The highest BCUT2D eigenvalue weighted by atomic mass is 32.2. The molecule has 3 aromatic rings. The fourth-order valence-electron chi connectivity index (χ4n) is 4.43. The maximum absolute atomic E-state index is 14.1. The molecule has 7 nitrogen and oxygen atoms in total. The number of nitrogens with zero attached hydrogens (tertiary/aromatic N) is 2. The van der Waals surface area contributed by atoms with Gasteiger partial charge in [-0.15, -0.1) is 0 Å². The van der Waals surface area contributed by atoms with Crippen LogP contribution in [0, 0.1) is 13.8 Å². The van der Waals surface area contributed by atoms with Crippen LogP contribution in [0.1, 0.15) is 49.8 Å². The Morgan fingerprint density at radius 2 is 1.59 bits per heavy atom. The Morgan fingerprint density at radius 3 is 2.23 bits per heavy atom. The quantitative estimate of drug-likeness (QED) is 0.296. The first-order valence-corrected chi connectivity index (χ1v) is 14.9. The van der Waals surface area contributed by atoms with E-state index >= 15 is 0 Å². The Labute approximate surface area is 232 Å². The van der Waals surface area contributed by atoms with Crippen LogP contribution in [-0.2, 0) is 26.2 Å². The van der Waals surface area contributed by atoms with Crippen molar-refractivity contribution in [1.82, 2.24) is 10.2 Å². The lowest BCUT2D eigenvalue weighted by Gasteiger charge is -2.33. The number of hydrogen-bond acceptors (Lipinski definition) is 4. The summed E-state index contributed by atoms with van der Waals surface area (Å²) >= 11 is 0. The Hall–Kier alpha value is -3.65. The zero-order valence-corrected chi connectivity index (χ0v) is 24.1. The second-order valence-corrected chi connectivity index (χ2v) is 11.5. The number of carbonyl (C=O) groups excluding carboxylic acids is 2. The van der Waals surface area contributed by atoms with Gasteiger partial charge in [0.25, 0.3) is 10.0 Å². The summed E-state index contributed by atoms with van der Waals surface area (Å²) in [7, 11) is -4.07. The van der Waals surface area contributed by atoms with Crippen LogP contribution in [-0.4, -0.2) is 44.3 Å². The van der Waals surface area contributed by atoms with E-state index < -0.39 is 28.5 Å². The van der Waals surface area contributed by atoms with E-state index in [0.717, 1.165) is 33.8 Å². The molecule has 0 spiro atoms. The zero-order valence-electron chi connectivity index (χ0n) is 23.3. The highest BCUT2D eigenvalue weighted by molar-refractivity contribution is 7.92. The monoisotopic (exact) mass is 549 g/mol. The van der Waals surface area contributed by atoms with Gasteiger partial charge in [-0.1, -0.05) is 74.9 Å². The molecule has 0 saturated heterocycles. The average Bonchev–Trinajstić information content (AvgIpc) is 2.93. The van der Waals surface area contributed by atoms with Gasteiger partial charge in [0.2, 0.25) is 11.8 Å². The van der Waals surface area contributed by atoms with Crippen molar-refractivity contribution in [3.8, 4) is 0 Å². The topological polar surface area (TPSA) is 86.8 Å². The summed E-state index contributed by atoms with van der Waals surface area (Å²) in [6.07, 6.45) is 2.17. The number of hydrogen-bond donors (Lipinski definition) is 1. The first-order chi connectivity index (χ1) is 18.7. The van der Waals surface area contributed by atoms with Crippen molar-refractivity contribution < 1.29 is 18.0 Å². The van der Waals surface area contributed by atoms with Crippen molar-refractivity contribution in [2.24, 2.45) is 0 Å². The lowest BCUT2D eigenvalue weighted by atomic mass is 10.1. The summed E-state index contributed by atoms with van der Waals surface area (Å²) in [5.74, 6) is -0.683. The van der Waals surface area contributed by atoms with E-state index in [0.29, 0.717) is 18.7 Å². The van der Waals surface area contributed by atoms with Gasteiger partial charge in [0.1, 0.15) is 12.6 Å². The van der Waals surface area contributed by atoms with Gasteiger partial charge in [0.15, 0.2) is 0 Å². The minimum atomic E-state index is -4.07. The highest BCUT2D eigenvalue weighted by Gasteiger charge is 2.33. The smallest absolute Gasteiger partial charge is 0.264 e. The van der Waals surface area contributed by atoms with E-state index in [4.69, 9.17) is 0 Å². The third-order valence-corrected chi connectivity index (χ3v) is 8.51. The Kier molecular flexibility index (Phi) is 10.7. The summed E-state index contributed by atoms with van der Waals surface area (Å²) in [6, 6.07) is 22.1. The normalized spacial score (nSPS) is 12.0. The SMILES string of the molecule is CCCCNC(=O)[C@H](CC)N(Cc1ccccc1C)C(=O)CN(c1cccc(C)c1)S(=O)(=O)c1ccccc1. The zero-order chi connectivity index (χ0) is 28.4. The van der Waals surface area contributed by atoms with Crippen molar-refractivity contribution in [3.05, 3.63) is 95.6 Å². The molecule has 3 aromatic carbocycles. The van der Waals surface area contributed by atoms with Crippen LogP contribution in [0.2, 0.25) is 0 Å². The molecule has 208 valence electrons. The molecule has 0 aromatic heterocycles. The standard InChI is InChI=1S/C31H39N3O4S/c1-5-7-20-32-31(36)29(6-2)33(22-26-16-12-11-15-25(26)4)30(35)23-34(27-17-13-14-24(3)21-27)39(37,38)28-18-9-8-10-19-28/h8-19,21,29H,5-7,20,22-23H2,1-4H3,(H,32,36)/t29-/m0/s1. The van der Waals surface area contributed by atoms with Crippen molar-refractivity contribution >= 4 is 27.5 Å². The molecule has 0 aliphatic heterocycles. The first-order valence-electron chi connectivity index (χ1n) is 13.4. The molecule has 0 bridgehead atoms. The summed E-state index contributed by atoms with van der Waals surface area (Å²) in [5, 5.41) is 2.95. The number of amides is 2. The van der Waals surface area contributed by atoms with Crippen LogP contribution < -0.4 is 9.62 Å². The van der Waals surface area contributed by atoms with Crippen molar-refractivity contribution in [3.63, 3.8) is 0 Å². The van der Waals surface area contributed by atoms with Crippen LogP contribution in [0.15, 0.2) is 83.8 Å². The Bertz CT molecular complexity index is 1360. The summed E-state index contributed by atoms with van der Waals surface area (Å²) in [4.78, 5) is 28.9. The maximum Gasteiger partial charge on any atom is 0.264 e. The third-order valence-electron chi connectivity index (χ3n) is 6.72. The summed E-state index contributed by atoms with van der Waals surface area (Å²) in [6.45, 7) is 8.02. The van der Waals surface area contributed by atoms with Crippen LogP contribution in [0.25, 0.3) is 0 Å². The number of unbranched alkanes of at least 4 members (excludes halogenated alkanes) is 1. The molecular weight excluding hydrogens is 510 g/mol. The van der Waals surface area contributed by atoms with Crippen molar-refractivity contribution in [2.75, 3.05) is 17.4 Å².